The Balaban J connectivity index is 1.48. The summed E-state index contributed by atoms with van der Waals surface area (Å²) in [4.78, 5) is 13.0. The van der Waals surface area contributed by atoms with Gasteiger partial charge >= 0.3 is 0 Å². The van der Waals surface area contributed by atoms with E-state index >= 15 is 0 Å². The fraction of sp³-hybridized carbons (Fsp3) is 0.107. The lowest BCUT2D eigenvalue weighted by molar-refractivity contribution is 0.102. The minimum absolute atomic E-state index is 0.00279. The molecule has 4 aromatic rings. The van der Waals surface area contributed by atoms with Gasteiger partial charge in [0.2, 0.25) is 0 Å². The summed E-state index contributed by atoms with van der Waals surface area (Å²) in [7, 11) is -7.74. The maximum absolute atomic E-state index is 12.9. The molecule has 0 heterocycles. The summed E-state index contributed by atoms with van der Waals surface area (Å²) in [5, 5.41) is 3.14. The van der Waals surface area contributed by atoms with Crippen LogP contribution in [0.1, 0.15) is 27.0 Å². The molecule has 0 aromatic heterocycles. The maximum atomic E-state index is 12.9. The molecule has 11 heteroatoms. The molecule has 0 bridgehead atoms. The van der Waals surface area contributed by atoms with Crippen LogP contribution < -0.4 is 14.8 Å². The minimum atomic E-state index is -3.89. The van der Waals surface area contributed by atoms with Crippen molar-refractivity contribution in [1.82, 2.24) is 0 Å². The highest BCUT2D eigenvalue weighted by molar-refractivity contribution is 7.93. The van der Waals surface area contributed by atoms with Crippen LogP contribution >= 0.6 is 11.6 Å². The van der Waals surface area contributed by atoms with Gasteiger partial charge in [-0.2, -0.15) is 0 Å². The van der Waals surface area contributed by atoms with E-state index in [1.165, 1.54) is 42.5 Å². The molecule has 202 valence electrons. The fourth-order valence-electron chi connectivity index (χ4n) is 3.64. The van der Waals surface area contributed by atoms with Crippen LogP contribution in [0.2, 0.25) is 5.02 Å². The van der Waals surface area contributed by atoms with Crippen molar-refractivity contribution < 1.29 is 21.6 Å². The smallest absolute Gasteiger partial charge is 0.261 e. The number of carbonyl (C=O) groups is 1. The molecule has 3 N–H and O–H groups in total. The van der Waals surface area contributed by atoms with E-state index in [0.29, 0.717) is 27.5 Å². The molecule has 0 aliphatic heterocycles. The molecule has 0 fully saturated rings. The van der Waals surface area contributed by atoms with E-state index in [0.717, 1.165) is 5.56 Å². The monoisotopic (exact) mass is 583 g/mol. The predicted molar refractivity (Wildman–Crippen MR) is 155 cm³/mol. The number of benzene rings is 4. The Morgan fingerprint density at radius 3 is 1.87 bits per heavy atom. The van der Waals surface area contributed by atoms with E-state index in [1.807, 2.05) is 6.92 Å². The van der Waals surface area contributed by atoms with Crippen molar-refractivity contribution in [1.29, 1.82) is 0 Å². The summed E-state index contributed by atoms with van der Waals surface area (Å²) >= 11 is 6.08. The molecule has 8 nitrogen and oxygen atoms in total. The molecule has 0 aliphatic rings. The lowest BCUT2D eigenvalue weighted by atomic mass is 10.1. The first-order valence-corrected chi connectivity index (χ1v) is 15.1. The average Bonchev–Trinajstić information content (AvgIpc) is 2.88. The molecular weight excluding hydrogens is 558 g/mol. The standard InChI is InChI=1S/C28H26ClN3O5S2/c1-18-7-13-23(14-8-18)39(36,37)32-27-17-21(10-9-19(27)2)28(33)30-22-11-15-24(16-12-22)38(34,35)31-26-6-4-5-25(29)20(26)3/h4-17,31-32H,1-3H3,(H,30,33). The number of nitrogens with one attached hydrogen (secondary N) is 3. The molecule has 0 aliphatic carbocycles. The number of carbonyl (C=O) groups excluding carboxylic acids is 1. The quantitative estimate of drug-likeness (QED) is 0.231. The highest BCUT2D eigenvalue weighted by atomic mass is 35.5. The topological polar surface area (TPSA) is 121 Å². The van der Waals surface area contributed by atoms with Crippen molar-refractivity contribution in [3.8, 4) is 0 Å². The van der Waals surface area contributed by atoms with E-state index in [4.69, 9.17) is 11.6 Å². The molecule has 4 aromatic carbocycles. The summed E-state index contributed by atoms with van der Waals surface area (Å²) in [6.07, 6.45) is 0. The fourth-order valence-corrected chi connectivity index (χ4v) is 6.06. The molecule has 0 saturated heterocycles. The second-order valence-electron chi connectivity index (χ2n) is 8.94. The van der Waals surface area contributed by atoms with Gasteiger partial charge in [-0.3, -0.25) is 14.2 Å². The van der Waals surface area contributed by atoms with Crippen LogP contribution in [0, 0.1) is 20.8 Å². The average molecular weight is 584 g/mol. The maximum Gasteiger partial charge on any atom is 0.261 e. The number of aryl methyl sites for hydroxylation is 2. The Bertz CT molecular complexity index is 1750. The first kappa shape index (κ1) is 28.2. The first-order valence-electron chi connectivity index (χ1n) is 11.8. The number of halogens is 1. The van der Waals surface area contributed by atoms with Gasteiger partial charge in [-0.15, -0.1) is 0 Å². The van der Waals surface area contributed by atoms with Gasteiger partial charge in [0.25, 0.3) is 26.0 Å². The SMILES string of the molecule is Cc1ccc(S(=O)(=O)Nc2cc(C(=O)Nc3ccc(S(=O)(=O)Nc4cccc(Cl)c4C)cc3)ccc2C)cc1. The normalized spacial score (nSPS) is 11.6. The van der Waals surface area contributed by atoms with Crippen LogP contribution in [-0.4, -0.2) is 22.7 Å². The molecule has 0 saturated carbocycles. The second kappa shape index (κ2) is 11.1. The molecule has 0 unspecified atom stereocenters. The van der Waals surface area contributed by atoms with Crippen LogP contribution in [-0.2, 0) is 20.0 Å². The van der Waals surface area contributed by atoms with Crippen LogP contribution in [0.4, 0.5) is 17.1 Å². The first-order chi connectivity index (χ1) is 18.4. The van der Waals surface area contributed by atoms with Gasteiger partial charge in [-0.05, 0) is 92.6 Å². The van der Waals surface area contributed by atoms with Crippen molar-refractivity contribution in [3.05, 3.63) is 112 Å². The zero-order chi connectivity index (χ0) is 28.4. The van der Waals surface area contributed by atoms with Crippen LogP contribution in [0.15, 0.2) is 94.7 Å². The van der Waals surface area contributed by atoms with Crippen LogP contribution in [0.25, 0.3) is 0 Å². The van der Waals surface area contributed by atoms with Crippen molar-refractivity contribution in [3.63, 3.8) is 0 Å². The molecule has 39 heavy (non-hydrogen) atoms. The Morgan fingerprint density at radius 2 is 1.26 bits per heavy atom. The van der Waals surface area contributed by atoms with Crippen molar-refractivity contribution in [2.45, 2.75) is 30.6 Å². The third-order valence-electron chi connectivity index (χ3n) is 6.01. The Labute approximate surface area is 233 Å². The van der Waals surface area contributed by atoms with Crippen LogP contribution in [0.3, 0.4) is 0 Å². The highest BCUT2D eigenvalue weighted by Gasteiger charge is 2.18. The van der Waals surface area contributed by atoms with Gasteiger partial charge in [0.05, 0.1) is 21.2 Å². The van der Waals surface area contributed by atoms with Crippen molar-refractivity contribution in [2.75, 3.05) is 14.8 Å². The number of anilines is 3. The summed E-state index contributed by atoms with van der Waals surface area (Å²) in [6, 6.07) is 21.7. The van der Waals surface area contributed by atoms with E-state index in [1.54, 1.807) is 56.3 Å². The summed E-state index contributed by atoms with van der Waals surface area (Å²) < 4.78 is 56.4. The minimum Gasteiger partial charge on any atom is -0.322 e. The number of sulfonamides is 2. The highest BCUT2D eigenvalue weighted by Crippen LogP contribution is 2.26. The number of hydrogen-bond acceptors (Lipinski definition) is 5. The Hall–Kier alpha value is -3.86. The molecule has 1 amide bonds. The van der Waals surface area contributed by atoms with Crippen LogP contribution in [0.5, 0.6) is 0 Å². The largest absolute Gasteiger partial charge is 0.322 e. The Kier molecular flexibility index (Phi) is 8.01. The van der Waals surface area contributed by atoms with Gasteiger partial charge in [0.1, 0.15) is 0 Å². The third kappa shape index (κ3) is 6.59. The van der Waals surface area contributed by atoms with Crippen molar-refractivity contribution >= 4 is 54.6 Å². The third-order valence-corrected chi connectivity index (χ3v) is 9.18. The van der Waals surface area contributed by atoms with E-state index < -0.39 is 26.0 Å². The summed E-state index contributed by atoms with van der Waals surface area (Å²) in [6.45, 7) is 5.30. The van der Waals surface area contributed by atoms with E-state index in [2.05, 4.69) is 14.8 Å². The molecule has 0 spiro atoms. The number of rotatable bonds is 8. The van der Waals surface area contributed by atoms with Gasteiger partial charge in [-0.25, -0.2) is 16.8 Å². The Morgan fingerprint density at radius 1 is 0.692 bits per heavy atom. The zero-order valence-corrected chi connectivity index (χ0v) is 23.7. The summed E-state index contributed by atoms with van der Waals surface area (Å²) in [5.74, 6) is -0.492. The number of hydrogen-bond donors (Lipinski definition) is 3. The van der Waals surface area contributed by atoms with Crippen molar-refractivity contribution in [2.24, 2.45) is 0 Å². The van der Waals surface area contributed by atoms with E-state index in [-0.39, 0.29) is 21.0 Å². The molecule has 0 radical (unpaired) electrons. The van der Waals surface area contributed by atoms with Gasteiger partial charge in [0, 0.05) is 16.3 Å². The lowest BCUT2D eigenvalue weighted by Crippen LogP contribution is -2.16. The molecule has 4 rings (SSSR count). The lowest BCUT2D eigenvalue weighted by Gasteiger charge is -2.13. The number of amides is 1. The molecule has 0 atom stereocenters. The zero-order valence-electron chi connectivity index (χ0n) is 21.3. The van der Waals surface area contributed by atoms with Gasteiger partial charge < -0.3 is 5.32 Å². The second-order valence-corrected chi connectivity index (χ2v) is 12.7. The summed E-state index contributed by atoms with van der Waals surface area (Å²) in [5.41, 5.74) is 3.39. The molecular formula is C28H26ClN3O5S2. The van der Waals surface area contributed by atoms with Gasteiger partial charge in [0.15, 0.2) is 0 Å². The predicted octanol–water partition coefficient (Wildman–Crippen LogP) is 6.12. The van der Waals surface area contributed by atoms with Gasteiger partial charge in [-0.1, -0.05) is 41.4 Å². The van der Waals surface area contributed by atoms with E-state index in [9.17, 15) is 21.6 Å².